The van der Waals surface area contributed by atoms with E-state index in [1.807, 2.05) is 0 Å². The summed E-state index contributed by atoms with van der Waals surface area (Å²) >= 11 is 0. The Bertz CT molecular complexity index is 918. The molecule has 1 rings (SSSR count). The number of hydrogen-bond acceptors (Lipinski definition) is 6. The smallest absolute Gasteiger partial charge is 0.408 e. The van der Waals surface area contributed by atoms with E-state index >= 15 is 0 Å². The van der Waals surface area contributed by atoms with Crippen molar-refractivity contribution in [2.24, 2.45) is 5.73 Å². The fourth-order valence-corrected chi connectivity index (χ4v) is 3.76. The molecule has 37 heavy (non-hydrogen) atoms. The summed E-state index contributed by atoms with van der Waals surface area (Å²) in [4.78, 5) is 53.1. The molecule has 0 bridgehead atoms. The largest absolute Gasteiger partial charge is 0.508 e. The van der Waals surface area contributed by atoms with Crippen molar-refractivity contribution in [2.45, 2.75) is 104 Å². The van der Waals surface area contributed by atoms with Crippen LogP contribution in [0.25, 0.3) is 0 Å². The van der Waals surface area contributed by atoms with Gasteiger partial charge in [-0.15, -0.1) is 0 Å². The van der Waals surface area contributed by atoms with Gasteiger partial charge < -0.3 is 31.1 Å². The van der Waals surface area contributed by atoms with E-state index in [9.17, 15) is 24.3 Å². The van der Waals surface area contributed by atoms with Gasteiger partial charge in [0.05, 0.1) is 0 Å². The van der Waals surface area contributed by atoms with E-state index in [0.29, 0.717) is 12.1 Å². The summed E-state index contributed by atoms with van der Waals surface area (Å²) in [7, 11) is 0. The van der Waals surface area contributed by atoms with Gasteiger partial charge in [0, 0.05) is 18.5 Å². The van der Waals surface area contributed by atoms with E-state index < -0.39 is 47.0 Å². The number of rotatable bonds is 12. The Morgan fingerprint density at radius 3 is 2.11 bits per heavy atom. The third-order valence-corrected chi connectivity index (χ3v) is 5.42. The number of carbonyl (C=O) groups excluding carboxylic acids is 4. The summed E-state index contributed by atoms with van der Waals surface area (Å²) in [5, 5.41) is 15.3. The zero-order valence-electron chi connectivity index (χ0n) is 23.2. The number of nitrogens with one attached hydrogen (secondary N) is 2. The van der Waals surface area contributed by atoms with E-state index in [1.165, 1.54) is 17.0 Å². The van der Waals surface area contributed by atoms with Crippen molar-refractivity contribution in [3.05, 3.63) is 29.8 Å². The van der Waals surface area contributed by atoms with Crippen LogP contribution in [-0.4, -0.2) is 57.5 Å². The summed E-state index contributed by atoms with van der Waals surface area (Å²) < 4.78 is 5.33. The molecule has 0 radical (unpaired) electrons. The molecule has 0 heterocycles. The summed E-state index contributed by atoms with van der Waals surface area (Å²) in [5.74, 6) is -1.57. The standard InChI is InChI=1S/C27H44N4O6/c1-8-9-10-17-29-23(34)22(18-11-13-19(32)14-12-18)31(26(2,3)4)24(35)20(15-16-21(28)33)30-25(36)37-27(5,6)7/h11-14,20,22,32H,8-10,15-17H2,1-7H3,(H2,28,33)(H,29,34)(H,30,36). The van der Waals surface area contributed by atoms with Gasteiger partial charge in [0.15, 0.2) is 0 Å². The van der Waals surface area contributed by atoms with Crippen LogP contribution < -0.4 is 16.4 Å². The predicted octanol–water partition coefficient (Wildman–Crippen LogP) is 3.53. The van der Waals surface area contributed by atoms with Crippen LogP contribution in [0, 0.1) is 0 Å². The molecule has 0 saturated heterocycles. The van der Waals surface area contributed by atoms with Crippen LogP contribution in [0.3, 0.4) is 0 Å². The number of nitrogens with two attached hydrogens (primary N) is 1. The highest BCUT2D eigenvalue weighted by Gasteiger charge is 2.41. The highest BCUT2D eigenvalue weighted by molar-refractivity contribution is 5.93. The van der Waals surface area contributed by atoms with E-state index in [0.717, 1.165) is 19.3 Å². The molecule has 0 spiro atoms. The lowest BCUT2D eigenvalue weighted by atomic mass is 9.94. The molecule has 1 aromatic rings. The van der Waals surface area contributed by atoms with Crippen molar-refractivity contribution in [3.63, 3.8) is 0 Å². The molecular weight excluding hydrogens is 476 g/mol. The molecule has 0 aliphatic heterocycles. The van der Waals surface area contributed by atoms with Crippen molar-refractivity contribution in [2.75, 3.05) is 6.54 Å². The normalized spacial score (nSPS) is 13.3. The minimum atomic E-state index is -1.17. The lowest BCUT2D eigenvalue weighted by Crippen LogP contribution is -2.58. The highest BCUT2D eigenvalue weighted by atomic mass is 16.6. The molecule has 0 aliphatic carbocycles. The first-order valence-corrected chi connectivity index (χ1v) is 12.7. The molecule has 10 nitrogen and oxygen atoms in total. The number of aromatic hydroxyl groups is 1. The lowest BCUT2D eigenvalue weighted by Gasteiger charge is -2.43. The molecule has 5 N–H and O–H groups in total. The van der Waals surface area contributed by atoms with Crippen LogP contribution in [0.1, 0.15) is 92.2 Å². The predicted molar refractivity (Wildman–Crippen MR) is 142 cm³/mol. The van der Waals surface area contributed by atoms with Crippen molar-refractivity contribution >= 4 is 23.8 Å². The number of nitrogens with zero attached hydrogens (tertiary/aromatic N) is 1. The van der Waals surface area contributed by atoms with Gasteiger partial charge in [-0.05, 0) is 72.1 Å². The zero-order valence-corrected chi connectivity index (χ0v) is 23.2. The average molecular weight is 521 g/mol. The van der Waals surface area contributed by atoms with Gasteiger partial charge in [-0.25, -0.2) is 4.79 Å². The Balaban J connectivity index is 3.48. The lowest BCUT2D eigenvalue weighted by molar-refractivity contribution is -0.148. The van der Waals surface area contributed by atoms with Crippen molar-refractivity contribution in [1.29, 1.82) is 0 Å². The third-order valence-electron chi connectivity index (χ3n) is 5.42. The first kappa shape index (κ1) is 31.7. The number of benzene rings is 1. The quantitative estimate of drug-likeness (QED) is 0.310. The van der Waals surface area contributed by atoms with Crippen LogP contribution in [0.15, 0.2) is 24.3 Å². The van der Waals surface area contributed by atoms with Crippen molar-refractivity contribution in [1.82, 2.24) is 15.5 Å². The minimum Gasteiger partial charge on any atom is -0.508 e. The fraction of sp³-hybridized carbons (Fsp3) is 0.630. The number of ether oxygens (including phenoxy) is 1. The van der Waals surface area contributed by atoms with E-state index in [2.05, 4.69) is 17.6 Å². The van der Waals surface area contributed by atoms with E-state index in [4.69, 9.17) is 10.5 Å². The Kier molecular flexibility index (Phi) is 11.9. The molecule has 0 aromatic heterocycles. The Hall–Kier alpha value is -3.30. The van der Waals surface area contributed by atoms with Gasteiger partial charge in [-0.1, -0.05) is 31.9 Å². The summed E-state index contributed by atoms with van der Waals surface area (Å²) in [6.45, 7) is 12.9. The molecule has 208 valence electrons. The summed E-state index contributed by atoms with van der Waals surface area (Å²) in [6.07, 6.45) is 1.67. The number of phenolic OH excluding ortho intramolecular Hbond substituents is 1. The maximum atomic E-state index is 14.0. The second kappa shape index (κ2) is 13.9. The van der Waals surface area contributed by atoms with Crippen LogP contribution >= 0.6 is 0 Å². The van der Waals surface area contributed by atoms with Crippen LogP contribution in [0.4, 0.5) is 4.79 Å². The van der Waals surface area contributed by atoms with Gasteiger partial charge in [-0.2, -0.15) is 0 Å². The molecule has 4 amide bonds. The zero-order chi connectivity index (χ0) is 28.4. The molecule has 2 unspecified atom stereocenters. The maximum absolute atomic E-state index is 14.0. The van der Waals surface area contributed by atoms with E-state index in [1.54, 1.807) is 53.7 Å². The number of alkyl carbamates (subject to hydrolysis) is 1. The molecule has 0 saturated carbocycles. The molecule has 10 heteroatoms. The van der Waals surface area contributed by atoms with Crippen LogP contribution in [0.2, 0.25) is 0 Å². The van der Waals surface area contributed by atoms with Crippen molar-refractivity contribution in [3.8, 4) is 5.75 Å². The van der Waals surface area contributed by atoms with E-state index in [-0.39, 0.29) is 18.6 Å². The van der Waals surface area contributed by atoms with Crippen molar-refractivity contribution < 1.29 is 29.0 Å². The molecule has 0 aliphatic rings. The molecule has 2 atom stereocenters. The highest BCUT2D eigenvalue weighted by Crippen LogP contribution is 2.31. The fourth-order valence-electron chi connectivity index (χ4n) is 3.76. The first-order valence-electron chi connectivity index (χ1n) is 12.7. The molecule has 1 aromatic carbocycles. The van der Waals surface area contributed by atoms with Gasteiger partial charge >= 0.3 is 6.09 Å². The summed E-state index contributed by atoms with van der Waals surface area (Å²) in [5.41, 5.74) is 4.14. The Labute approximate surface area is 220 Å². The third kappa shape index (κ3) is 11.1. The number of primary amides is 1. The Morgan fingerprint density at radius 2 is 1.62 bits per heavy atom. The number of carbonyl (C=O) groups is 4. The average Bonchev–Trinajstić information content (AvgIpc) is 2.75. The van der Waals surface area contributed by atoms with Gasteiger partial charge in [0.25, 0.3) is 0 Å². The number of hydrogen-bond donors (Lipinski definition) is 4. The Morgan fingerprint density at radius 1 is 1.03 bits per heavy atom. The van der Waals surface area contributed by atoms with Gasteiger partial charge in [-0.3, -0.25) is 14.4 Å². The second-order valence-electron chi connectivity index (χ2n) is 11.1. The second-order valence-corrected chi connectivity index (χ2v) is 11.1. The summed E-state index contributed by atoms with van der Waals surface area (Å²) in [6, 6.07) is 3.82. The number of phenols is 1. The van der Waals surface area contributed by atoms with Crippen LogP contribution in [0.5, 0.6) is 5.75 Å². The number of unbranched alkanes of at least 4 members (excludes halogenated alkanes) is 2. The maximum Gasteiger partial charge on any atom is 0.408 e. The van der Waals surface area contributed by atoms with Gasteiger partial charge in [0.1, 0.15) is 23.4 Å². The van der Waals surface area contributed by atoms with Crippen LogP contribution in [-0.2, 0) is 19.1 Å². The molecular formula is C27H44N4O6. The SMILES string of the molecule is CCCCCNC(=O)C(c1ccc(O)cc1)N(C(=O)C(CCC(N)=O)NC(=O)OC(C)(C)C)C(C)(C)C. The molecule has 0 fully saturated rings. The first-order chi connectivity index (χ1) is 17.1. The number of amides is 4. The minimum absolute atomic E-state index is 0.0189. The monoisotopic (exact) mass is 520 g/mol. The topological polar surface area (TPSA) is 151 Å². The van der Waals surface area contributed by atoms with Gasteiger partial charge in [0.2, 0.25) is 17.7 Å².